The van der Waals surface area contributed by atoms with Gasteiger partial charge in [-0.2, -0.15) is 0 Å². The molecule has 0 radical (unpaired) electrons. The normalized spacial score (nSPS) is 11.0. The molecule has 0 saturated carbocycles. The van der Waals surface area contributed by atoms with Crippen molar-refractivity contribution >= 4 is 49.6 Å². The molecule has 2 rings (SSSR count). The van der Waals surface area contributed by atoms with Crippen LogP contribution in [-0.4, -0.2) is 9.97 Å². The van der Waals surface area contributed by atoms with Crippen LogP contribution in [0.1, 0.15) is 12.6 Å². The van der Waals surface area contributed by atoms with E-state index < -0.39 is 0 Å². The summed E-state index contributed by atoms with van der Waals surface area (Å²) in [6, 6.07) is 2.10. The van der Waals surface area contributed by atoms with Crippen molar-refractivity contribution in [3.63, 3.8) is 0 Å². The highest BCUT2D eigenvalue weighted by Crippen LogP contribution is 2.25. The third-order valence-corrected chi connectivity index (χ3v) is 3.64. The van der Waals surface area contributed by atoms with Crippen molar-refractivity contribution in [3.8, 4) is 0 Å². The molecule has 0 aliphatic rings. The molecule has 0 aliphatic carbocycles. The molecule has 0 bridgehead atoms. The van der Waals surface area contributed by atoms with Gasteiger partial charge in [0.2, 0.25) is 0 Å². The highest BCUT2D eigenvalue weighted by atomic mass is 127. The minimum atomic E-state index is 0.976. The fourth-order valence-corrected chi connectivity index (χ4v) is 2.57. The molecule has 13 heavy (non-hydrogen) atoms. The smallest absolute Gasteiger partial charge is 0.138 e. The lowest BCUT2D eigenvalue weighted by Crippen LogP contribution is -1.80. The average molecular weight is 351 g/mol. The zero-order valence-electron chi connectivity index (χ0n) is 7.06. The molecule has 1 N–H and O–H groups in total. The molecule has 0 atom stereocenters. The van der Waals surface area contributed by atoms with Crippen molar-refractivity contribution in [2.75, 3.05) is 0 Å². The van der Waals surface area contributed by atoms with Gasteiger partial charge in [0, 0.05) is 25.3 Å². The first-order valence-electron chi connectivity index (χ1n) is 4.04. The molecule has 68 valence electrons. The van der Waals surface area contributed by atoms with Gasteiger partial charge in [0.05, 0.1) is 0 Å². The summed E-state index contributed by atoms with van der Waals surface area (Å²) < 4.78 is 2.31. The predicted molar refractivity (Wildman–Crippen MR) is 65.9 cm³/mol. The second kappa shape index (κ2) is 3.57. The fourth-order valence-electron chi connectivity index (χ4n) is 1.31. The summed E-state index contributed by atoms with van der Waals surface area (Å²) in [5.74, 6) is 0. The molecule has 0 spiro atoms. The Morgan fingerprint density at radius 2 is 2.38 bits per heavy atom. The summed E-state index contributed by atoms with van der Waals surface area (Å²) >= 11 is 5.78. The van der Waals surface area contributed by atoms with Crippen LogP contribution in [0.25, 0.3) is 11.0 Å². The maximum Gasteiger partial charge on any atom is 0.138 e. The number of H-pyrrole nitrogens is 1. The standard InChI is InChI=1S/C9H8BrIN2/c1-2-7-8(11)6-3-5(10)4-12-9(6)13-7/h3-4H,2H2,1H3,(H,12,13). The summed E-state index contributed by atoms with van der Waals surface area (Å²) in [5, 5.41) is 1.20. The van der Waals surface area contributed by atoms with Gasteiger partial charge in [0.15, 0.2) is 0 Å². The minimum Gasteiger partial charge on any atom is -0.342 e. The van der Waals surface area contributed by atoms with Crippen molar-refractivity contribution < 1.29 is 0 Å². The molecule has 0 aromatic carbocycles. The van der Waals surface area contributed by atoms with Gasteiger partial charge in [-0.25, -0.2) is 4.98 Å². The van der Waals surface area contributed by atoms with Crippen LogP contribution in [0.15, 0.2) is 16.7 Å². The molecule has 0 fully saturated rings. The average Bonchev–Trinajstić information content (AvgIpc) is 2.44. The van der Waals surface area contributed by atoms with Crippen LogP contribution in [0.3, 0.4) is 0 Å². The van der Waals surface area contributed by atoms with E-state index in [2.05, 4.69) is 61.5 Å². The number of aryl methyl sites for hydroxylation is 1. The predicted octanol–water partition coefficient (Wildman–Crippen LogP) is 3.49. The zero-order valence-corrected chi connectivity index (χ0v) is 10.8. The monoisotopic (exact) mass is 350 g/mol. The van der Waals surface area contributed by atoms with Crippen molar-refractivity contribution in [3.05, 3.63) is 26.0 Å². The summed E-state index contributed by atoms with van der Waals surface area (Å²) in [5.41, 5.74) is 2.24. The van der Waals surface area contributed by atoms with Crippen LogP contribution >= 0.6 is 38.5 Å². The highest BCUT2D eigenvalue weighted by molar-refractivity contribution is 14.1. The number of pyridine rings is 1. The van der Waals surface area contributed by atoms with Crippen molar-refractivity contribution in [2.24, 2.45) is 0 Å². The first-order chi connectivity index (χ1) is 6.22. The summed E-state index contributed by atoms with van der Waals surface area (Å²) in [6.07, 6.45) is 2.83. The van der Waals surface area contributed by atoms with Gasteiger partial charge in [0.25, 0.3) is 0 Å². The van der Waals surface area contributed by atoms with Crippen molar-refractivity contribution in [2.45, 2.75) is 13.3 Å². The Balaban J connectivity index is 2.77. The van der Waals surface area contributed by atoms with Crippen LogP contribution < -0.4 is 0 Å². The number of rotatable bonds is 1. The van der Waals surface area contributed by atoms with E-state index in [1.54, 1.807) is 0 Å². The second-order valence-corrected chi connectivity index (χ2v) is 4.82. The van der Waals surface area contributed by atoms with Crippen LogP contribution in [-0.2, 0) is 6.42 Å². The SMILES string of the molecule is CCc1[nH]c2ncc(Br)cc2c1I. The van der Waals surface area contributed by atoms with Gasteiger partial charge < -0.3 is 4.98 Å². The third kappa shape index (κ3) is 1.61. The molecule has 2 aromatic rings. The molecule has 2 nitrogen and oxygen atoms in total. The largest absolute Gasteiger partial charge is 0.342 e. The van der Waals surface area contributed by atoms with Gasteiger partial charge in [-0.1, -0.05) is 6.92 Å². The summed E-state index contributed by atoms with van der Waals surface area (Å²) in [6.45, 7) is 2.14. The summed E-state index contributed by atoms with van der Waals surface area (Å²) in [4.78, 5) is 7.60. The van der Waals surface area contributed by atoms with Crippen molar-refractivity contribution in [1.82, 2.24) is 9.97 Å². The van der Waals surface area contributed by atoms with Gasteiger partial charge in [-0.3, -0.25) is 0 Å². The highest BCUT2D eigenvalue weighted by Gasteiger charge is 2.07. The number of hydrogen-bond donors (Lipinski definition) is 1. The van der Waals surface area contributed by atoms with Gasteiger partial charge >= 0.3 is 0 Å². The van der Waals surface area contributed by atoms with Crippen LogP contribution in [0, 0.1) is 3.57 Å². The Hall–Kier alpha value is -0.100. The molecule has 0 saturated heterocycles. The number of fused-ring (bicyclic) bond motifs is 1. The number of hydrogen-bond acceptors (Lipinski definition) is 1. The molecule has 0 aliphatic heterocycles. The third-order valence-electron chi connectivity index (χ3n) is 1.98. The fraction of sp³-hybridized carbons (Fsp3) is 0.222. The van der Waals surface area contributed by atoms with E-state index in [1.165, 1.54) is 14.7 Å². The number of aromatic nitrogens is 2. The second-order valence-electron chi connectivity index (χ2n) is 2.82. The molecule has 0 amide bonds. The first-order valence-corrected chi connectivity index (χ1v) is 5.91. The van der Waals surface area contributed by atoms with E-state index in [4.69, 9.17) is 0 Å². The van der Waals surface area contributed by atoms with E-state index in [9.17, 15) is 0 Å². The Morgan fingerprint density at radius 3 is 3.08 bits per heavy atom. The zero-order chi connectivity index (χ0) is 9.42. The lowest BCUT2D eigenvalue weighted by molar-refractivity contribution is 1.06. The van der Waals surface area contributed by atoms with E-state index in [0.29, 0.717) is 0 Å². The Bertz CT molecular complexity index is 450. The first kappa shape index (κ1) is 9.45. The van der Waals surface area contributed by atoms with Gasteiger partial charge in [-0.15, -0.1) is 0 Å². The van der Waals surface area contributed by atoms with Gasteiger partial charge in [0.1, 0.15) is 5.65 Å². The Labute approximate surface area is 98.4 Å². The lowest BCUT2D eigenvalue weighted by Gasteiger charge is -1.90. The van der Waals surface area contributed by atoms with Crippen LogP contribution in [0.5, 0.6) is 0 Å². The van der Waals surface area contributed by atoms with Crippen molar-refractivity contribution in [1.29, 1.82) is 0 Å². The van der Waals surface area contributed by atoms with Crippen LogP contribution in [0.4, 0.5) is 0 Å². The molecule has 0 unspecified atom stereocenters. The maximum atomic E-state index is 4.30. The topological polar surface area (TPSA) is 28.7 Å². The number of nitrogens with one attached hydrogen (secondary N) is 1. The Kier molecular flexibility index (Phi) is 2.60. The minimum absolute atomic E-state index is 0.976. The summed E-state index contributed by atoms with van der Waals surface area (Å²) in [7, 11) is 0. The van der Waals surface area contributed by atoms with Gasteiger partial charge in [-0.05, 0) is 51.0 Å². The molecular formula is C9H8BrIN2. The quantitative estimate of drug-likeness (QED) is 0.783. The molecule has 2 aromatic heterocycles. The molecule has 2 heterocycles. The van der Waals surface area contributed by atoms with E-state index in [0.717, 1.165) is 16.5 Å². The lowest BCUT2D eigenvalue weighted by atomic mass is 10.3. The van der Waals surface area contributed by atoms with E-state index in [-0.39, 0.29) is 0 Å². The number of halogens is 2. The van der Waals surface area contributed by atoms with E-state index in [1.807, 2.05) is 6.20 Å². The number of aromatic amines is 1. The maximum absolute atomic E-state index is 4.30. The Morgan fingerprint density at radius 1 is 1.62 bits per heavy atom. The number of nitrogens with zero attached hydrogens (tertiary/aromatic N) is 1. The van der Waals surface area contributed by atoms with E-state index >= 15 is 0 Å². The molecular weight excluding hydrogens is 343 g/mol. The molecule has 4 heteroatoms. The van der Waals surface area contributed by atoms with Crippen LogP contribution in [0.2, 0.25) is 0 Å².